The van der Waals surface area contributed by atoms with Gasteiger partial charge >= 0.3 is 0 Å². The smallest absolute Gasteiger partial charge is 0.247 e. The quantitative estimate of drug-likeness (QED) is 0.380. The molecule has 1 amide bonds. The summed E-state index contributed by atoms with van der Waals surface area (Å²) in [6, 6.07) is 1.78. The molecule has 0 unspecified atom stereocenters. The molecule has 2 aromatic heterocycles. The monoisotopic (exact) mass is 416 g/mol. The van der Waals surface area contributed by atoms with Crippen molar-refractivity contribution in [3.63, 3.8) is 0 Å². The number of nitrogens with one attached hydrogen (secondary N) is 2. The van der Waals surface area contributed by atoms with E-state index >= 15 is 0 Å². The van der Waals surface area contributed by atoms with Crippen molar-refractivity contribution >= 4 is 34.4 Å². The number of rotatable bonds is 6. The molecule has 0 atom stereocenters. The topological polar surface area (TPSA) is 109 Å². The highest BCUT2D eigenvalue weighted by Gasteiger charge is 2.32. The summed E-state index contributed by atoms with van der Waals surface area (Å²) in [6.07, 6.45) is 6.50. The molecule has 154 valence electrons. The van der Waals surface area contributed by atoms with Crippen LogP contribution in [-0.2, 0) is 9.53 Å². The number of aromatic amines is 1. The van der Waals surface area contributed by atoms with Crippen LogP contribution in [0, 0.1) is 0 Å². The Balaban J connectivity index is 1.64. The number of nitrogens with zero attached hydrogens (tertiary/aromatic N) is 3. The Morgan fingerprint density at radius 3 is 2.93 bits per heavy atom. The normalized spacial score (nSPS) is 15.8. The first-order valence-electron chi connectivity index (χ1n) is 9.25. The fourth-order valence-electron chi connectivity index (χ4n) is 3.13. The number of morpholine rings is 1. The van der Waals surface area contributed by atoms with Crippen LogP contribution in [0.3, 0.4) is 0 Å². The predicted octanol–water partition coefficient (Wildman–Crippen LogP) is 2.18. The molecule has 1 aliphatic heterocycles. The Labute approximate surface area is 174 Å². The van der Waals surface area contributed by atoms with Crippen molar-refractivity contribution in [3.05, 3.63) is 53.6 Å². The highest BCUT2D eigenvalue weighted by atomic mass is 35.5. The van der Waals surface area contributed by atoms with Crippen molar-refractivity contribution < 1.29 is 9.53 Å². The van der Waals surface area contributed by atoms with Crippen LogP contribution in [0.25, 0.3) is 11.0 Å². The van der Waals surface area contributed by atoms with Crippen molar-refractivity contribution in [2.24, 2.45) is 10.7 Å². The zero-order valence-electron chi connectivity index (χ0n) is 16.5. The molecule has 0 radical (unpaired) electrons. The van der Waals surface area contributed by atoms with E-state index in [0.29, 0.717) is 54.1 Å². The summed E-state index contributed by atoms with van der Waals surface area (Å²) in [6.45, 7) is 9.91. The first kappa shape index (κ1) is 20.9. The molecule has 8 nitrogen and oxygen atoms in total. The lowest BCUT2D eigenvalue weighted by Gasteiger charge is -2.35. The zero-order chi connectivity index (χ0) is 21.0. The average molecular weight is 417 g/mol. The largest absolute Gasteiger partial charge is 0.383 e. The Morgan fingerprint density at radius 2 is 2.21 bits per heavy atom. The van der Waals surface area contributed by atoms with E-state index in [1.165, 1.54) is 6.20 Å². The van der Waals surface area contributed by atoms with Gasteiger partial charge in [-0.05, 0) is 26.0 Å². The number of nitrogens with two attached hydrogens (primary N) is 1. The molecule has 0 bridgehead atoms. The summed E-state index contributed by atoms with van der Waals surface area (Å²) >= 11 is 6.01. The number of fused-ring (bicyclic) bond motifs is 1. The third kappa shape index (κ3) is 4.96. The van der Waals surface area contributed by atoms with Crippen molar-refractivity contribution in [2.75, 3.05) is 26.3 Å². The van der Waals surface area contributed by atoms with Gasteiger partial charge in [0.25, 0.3) is 0 Å². The minimum atomic E-state index is -0.798. The lowest BCUT2D eigenvalue weighted by molar-refractivity contribution is -0.140. The van der Waals surface area contributed by atoms with Gasteiger partial charge in [0.15, 0.2) is 0 Å². The number of hydrogen-bond acceptors (Lipinski definition) is 5. The summed E-state index contributed by atoms with van der Waals surface area (Å²) in [5, 5.41) is 4.45. The maximum atomic E-state index is 12.7. The minimum Gasteiger partial charge on any atom is -0.383 e. The van der Waals surface area contributed by atoms with Gasteiger partial charge < -0.3 is 25.7 Å². The van der Waals surface area contributed by atoms with Crippen LogP contribution in [0.2, 0.25) is 5.02 Å². The van der Waals surface area contributed by atoms with Crippen LogP contribution < -0.4 is 11.1 Å². The first-order valence-corrected chi connectivity index (χ1v) is 9.63. The number of amides is 1. The second kappa shape index (κ2) is 8.67. The fraction of sp³-hybridized carbons (Fsp3) is 0.350. The molecule has 1 saturated heterocycles. The Bertz CT molecular complexity index is 973. The molecule has 0 aromatic carbocycles. The van der Waals surface area contributed by atoms with Gasteiger partial charge in [0, 0.05) is 48.3 Å². The van der Waals surface area contributed by atoms with Crippen LogP contribution in [-0.4, -0.2) is 58.5 Å². The number of halogens is 1. The van der Waals surface area contributed by atoms with Gasteiger partial charge in [0.1, 0.15) is 17.0 Å². The van der Waals surface area contributed by atoms with Gasteiger partial charge in [-0.25, -0.2) is 9.98 Å². The van der Waals surface area contributed by atoms with E-state index < -0.39 is 5.54 Å². The molecule has 0 spiro atoms. The number of ether oxygens (including phenoxy) is 1. The molecule has 29 heavy (non-hydrogen) atoms. The Kier molecular flexibility index (Phi) is 6.24. The molecule has 3 rings (SSSR count). The Morgan fingerprint density at radius 1 is 1.48 bits per heavy atom. The van der Waals surface area contributed by atoms with Crippen LogP contribution >= 0.6 is 11.6 Å². The van der Waals surface area contributed by atoms with Gasteiger partial charge in [-0.2, -0.15) is 0 Å². The van der Waals surface area contributed by atoms with Gasteiger partial charge in [0.2, 0.25) is 5.91 Å². The number of aromatic nitrogens is 2. The van der Waals surface area contributed by atoms with E-state index in [1.54, 1.807) is 29.4 Å². The SMILES string of the molecule is C=C(/C=C\N=C(/N)c1c[nH]c2ncc(Cl)cc12)NC(C)(C)C(=O)N1CCOCC1. The van der Waals surface area contributed by atoms with Gasteiger partial charge in [0.05, 0.1) is 18.2 Å². The molecule has 1 aliphatic rings. The molecular weight excluding hydrogens is 392 g/mol. The van der Waals surface area contributed by atoms with Crippen molar-refractivity contribution in [1.29, 1.82) is 0 Å². The molecular formula is C20H25ClN6O2. The third-order valence-electron chi connectivity index (χ3n) is 4.57. The third-order valence-corrected chi connectivity index (χ3v) is 4.78. The molecule has 4 N–H and O–H groups in total. The number of carbonyl (C=O) groups excluding carboxylic acids is 1. The molecule has 9 heteroatoms. The van der Waals surface area contributed by atoms with Gasteiger partial charge in [-0.15, -0.1) is 0 Å². The average Bonchev–Trinajstić information content (AvgIpc) is 3.10. The lowest BCUT2D eigenvalue weighted by Crippen LogP contribution is -2.55. The number of pyridine rings is 1. The maximum Gasteiger partial charge on any atom is 0.247 e. The summed E-state index contributed by atoms with van der Waals surface area (Å²) in [5.74, 6) is 0.314. The van der Waals surface area contributed by atoms with E-state index in [2.05, 4.69) is 26.9 Å². The zero-order valence-corrected chi connectivity index (χ0v) is 17.3. The van der Waals surface area contributed by atoms with Crippen LogP contribution in [0.4, 0.5) is 0 Å². The second-order valence-corrected chi connectivity index (χ2v) is 7.70. The summed E-state index contributed by atoms with van der Waals surface area (Å²) in [7, 11) is 0. The summed E-state index contributed by atoms with van der Waals surface area (Å²) in [5.41, 5.74) is 7.25. The van der Waals surface area contributed by atoms with E-state index in [-0.39, 0.29) is 5.91 Å². The standard InChI is InChI=1S/C20H25ClN6O2/c1-13(26-20(2,3)19(28)27-6-8-29-9-7-27)4-5-23-17(22)16-12-25-18-15(16)10-14(21)11-24-18/h4-5,10-12,26H,1,6-9H2,2-3H3,(H2,22,23)(H,24,25)/b5-4-. The van der Waals surface area contributed by atoms with E-state index in [0.717, 1.165) is 5.39 Å². The molecule has 0 saturated carbocycles. The van der Waals surface area contributed by atoms with Crippen molar-refractivity contribution in [2.45, 2.75) is 19.4 Å². The highest BCUT2D eigenvalue weighted by Crippen LogP contribution is 2.20. The van der Waals surface area contributed by atoms with Crippen LogP contribution in [0.5, 0.6) is 0 Å². The van der Waals surface area contributed by atoms with E-state index in [4.69, 9.17) is 22.1 Å². The molecule has 1 fully saturated rings. The van der Waals surface area contributed by atoms with Gasteiger partial charge in [-0.3, -0.25) is 4.79 Å². The number of allylic oxidation sites excluding steroid dienone is 1. The minimum absolute atomic E-state index is 0.00142. The first-order chi connectivity index (χ1) is 13.8. The predicted molar refractivity (Wildman–Crippen MR) is 115 cm³/mol. The number of aliphatic imine (C=N–C) groups is 1. The molecule has 0 aliphatic carbocycles. The lowest BCUT2D eigenvalue weighted by atomic mass is 10.0. The van der Waals surface area contributed by atoms with E-state index in [1.807, 2.05) is 13.8 Å². The highest BCUT2D eigenvalue weighted by molar-refractivity contribution is 6.31. The summed E-state index contributed by atoms with van der Waals surface area (Å²) in [4.78, 5) is 26.0. The molecule has 3 heterocycles. The maximum absolute atomic E-state index is 12.7. The van der Waals surface area contributed by atoms with Crippen LogP contribution in [0.1, 0.15) is 19.4 Å². The summed E-state index contributed by atoms with van der Waals surface area (Å²) < 4.78 is 5.30. The van der Waals surface area contributed by atoms with Crippen LogP contribution in [0.15, 0.2) is 48.0 Å². The van der Waals surface area contributed by atoms with Crippen molar-refractivity contribution in [1.82, 2.24) is 20.2 Å². The molecule has 2 aromatic rings. The number of H-pyrrole nitrogens is 1. The fourth-order valence-corrected chi connectivity index (χ4v) is 3.28. The number of amidine groups is 1. The number of hydrogen-bond donors (Lipinski definition) is 3. The Hall–Kier alpha value is -2.84. The van der Waals surface area contributed by atoms with Gasteiger partial charge in [-0.1, -0.05) is 18.2 Å². The van der Waals surface area contributed by atoms with E-state index in [9.17, 15) is 4.79 Å². The number of carbonyl (C=O) groups is 1. The second-order valence-electron chi connectivity index (χ2n) is 7.26. The van der Waals surface area contributed by atoms with Crippen molar-refractivity contribution in [3.8, 4) is 0 Å².